The summed E-state index contributed by atoms with van der Waals surface area (Å²) < 4.78 is 9.48. The van der Waals surface area contributed by atoms with Crippen molar-refractivity contribution in [2.45, 2.75) is 6.61 Å². The molecule has 0 aliphatic carbocycles. The van der Waals surface area contributed by atoms with Crippen molar-refractivity contribution in [3.63, 3.8) is 0 Å². The molecule has 0 fully saturated rings. The molecule has 5 heteroatoms. The van der Waals surface area contributed by atoms with Crippen LogP contribution in [0.4, 0.5) is 5.82 Å². The number of aromatic nitrogens is 1. The summed E-state index contributed by atoms with van der Waals surface area (Å²) in [6.07, 6.45) is 0. The second-order valence-electron chi connectivity index (χ2n) is 2.94. The lowest BCUT2D eigenvalue weighted by molar-refractivity contribution is 0.310. The molecule has 0 radical (unpaired) electrons. The second kappa shape index (κ2) is 4.51. The quantitative estimate of drug-likeness (QED) is 0.897. The topological polar surface area (TPSA) is 48.1 Å². The van der Waals surface area contributed by atoms with Crippen LogP contribution in [0.5, 0.6) is 5.75 Å². The van der Waals surface area contributed by atoms with Gasteiger partial charge in [-0.2, -0.15) is 4.37 Å². The number of anilines is 1. The molecular formula is C10H9ClN2OS. The first-order valence-electron chi connectivity index (χ1n) is 4.34. The maximum absolute atomic E-state index is 5.93. The van der Waals surface area contributed by atoms with Crippen molar-refractivity contribution in [3.8, 4) is 5.75 Å². The van der Waals surface area contributed by atoms with Gasteiger partial charge in [0.25, 0.3) is 0 Å². The van der Waals surface area contributed by atoms with Crippen LogP contribution in [0, 0.1) is 0 Å². The molecular weight excluding hydrogens is 232 g/mol. The average Bonchev–Trinajstić information content (AvgIpc) is 2.63. The van der Waals surface area contributed by atoms with Gasteiger partial charge in [0, 0.05) is 0 Å². The molecule has 0 aliphatic rings. The van der Waals surface area contributed by atoms with Gasteiger partial charge in [0.1, 0.15) is 18.2 Å². The van der Waals surface area contributed by atoms with Crippen LogP contribution in [0.1, 0.15) is 4.88 Å². The Morgan fingerprint density at radius 1 is 1.40 bits per heavy atom. The summed E-state index contributed by atoms with van der Waals surface area (Å²) in [6, 6.07) is 9.15. The van der Waals surface area contributed by atoms with E-state index in [9.17, 15) is 0 Å². The summed E-state index contributed by atoms with van der Waals surface area (Å²) >= 11 is 7.27. The number of benzene rings is 1. The Bertz CT molecular complexity index is 458. The van der Waals surface area contributed by atoms with Gasteiger partial charge in [-0.15, -0.1) is 0 Å². The van der Waals surface area contributed by atoms with Crippen molar-refractivity contribution in [2.75, 3.05) is 5.73 Å². The van der Waals surface area contributed by atoms with Crippen LogP contribution in [0.25, 0.3) is 0 Å². The molecule has 2 N–H and O–H groups in total. The highest BCUT2D eigenvalue weighted by molar-refractivity contribution is 7.06. The fourth-order valence-corrected chi connectivity index (χ4v) is 1.86. The summed E-state index contributed by atoms with van der Waals surface area (Å²) in [5.41, 5.74) is 5.50. The Morgan fingerprint density at radius 3 is 2.87 bits per heavy atom. The predicted octanol–water partition coefficient (Wildman–Crippen LogP) is 2.96. The Kier molecular flexibility index (Phi) is 3.08. The Hall–Kier alpha value is -1.26. The standard InChI is InChI=1S/C10H9ClN2OS/c11-8-3-1-2-4-9(8)14-6-7-5-10(12)13-15-7/h1-5H,6H2,(H2,12,13). The molecule has 0 spiro atoms. The van der Waals surface area contributed by atoms with Crippen molar-refractivity contribution >= 4 is 29.0 Å². The molecule has 0 aliphatic heterocycles. The largest absolute Gasteiger partial charge is 0.486 e. The molecule has 0 unspecified atom stereocenters. The Labute approximate surface area is 96.6 Å². The zero-order valence-electron chi connectivity index (χ0n) is 7.81. The normalized spacial score (nSPS) is 10.2. The first kappa shape index (κ1) is 10.3. The minimum Gasteiger partial charge on any atom is -0.486 e. The van der Waals surface area contributed by atoms with Crippen LogP contribution in [0.2, 0.25) is 5.02 Å². The summed E-state index contributed by atoms with van der Waals surface area (Å²) in [4.78, 5) is 0.979. The molecule has 1 heterocycles. The fourth-order valence-electron chi connectivity index (χ4n) is 1.11. The Balaban J connectivity index is 2.02. The molecule has 2 rings (SSSR count). The fraction of sp³-hybridized carbons (Fsp3) is 0.100. The predicted molar refractivity (Wildman–Crippen MR) is 62.3 cm³/mol. The number of halogens is 1. The molecule has 78 valence electrons. The van der Waals surface area contributed by atoms with E-state index in [1.54, 1.807) is 12.1 Å². The maximum Gasteiger partial charge on any atom is 0.138 e. The Morgan fingerprint density at radius 2 is 2.20 bits per heavy atom. The number of ether oxygens (including phenoxy) is 1. The number of hydrogen-bond acceptors (Lipinski definition) is 4. The van der Waals surface area contributed by atoms with Gasteiger partial charge < -0.3 is 10.5 Å². The van der Waals surface area contributed by atoms with Crippen molar-refractivity contribution in [1.82, 2.24) is 4.37 Å². The van der Waals surface area contributed by atoms with E-state index in [-0.39, 0.29) is 0 Å². The second-order valence-corrected chi connectivity index (χ2v) is 4.23. The highest BCUT2D eigenvalue weighted by atomic mass is 35.5. The molecule has 0 bridgehead atoms. The van der Waals surface area contributed by atoms with E-state index < -0.39 is 0 Å². The van der Waals surface area contributed by atoms with Crippen LogP contribution in [-0.4, -0.2) is 4.37 Å². The maximum atomic E-state index is 5.93. The SMILES string of the molecule is Nc1cc(COc2ccccc2Cl)sn1. The van der Waals surface area contributed by atoms with E-state index in [4.69, 9.17) is 22.1 Å². The van der Waals surface area contributed by atoms with Crippen molar-refractivity contribution in [3.05, 3.63) is 40.2 Å². The van der Waals surface area contributed by atoms with Gasteiger partial charge in [-0.3, -0.25) is 0 Å². The monoisotopic (exact) mass is 240 g/mol. The van der Waals surface area contributed by atoms with Crippen molar-refractivity contribution < 1.29 is 4.74 Å². The first-order valence-corrected chi connectivity index (χ1v) is 5.49. The number of hydrogen-bond donors (Lipinski definition) is 1. The van der Waals surface area contributed by atoms with Crippen LogP contribution in [-0.2, 0) is 6.61 Å². The molecule has 15 heavy (non-hydrogen) atoms. The number of nitrogens with zero attached hydrogens (tertiary/aromatic N) is 1. The summed E-state index contributed by atoms with van der Waals surface area (Å²) in [6.45, 7) is 0.443. The molecule has 1 aromatic carbocycles. The molecule has 0 amide bonds. The highest BCUT2D eigenvalue weighted by Gasteiger charge is 2.02. The molecule has 0 saturated carbocycles. The van der Waals surface area contributed by atoms with E-state index in [0.29, 0.717) is 23.2 Å². The lowest BCUT2D eigenvalue weighted by Gasteiger charge is -2.05. The summed E-state index contributed by atoms with van der Waals surface area (Å²) in [7, 11) is 0. The third-order valence-electron chi connectivity index (χ3n) is 1.78. The number of nitrogen functional groups attached to an aromatic ring is 1. The molecule has 1 aromatic heterocycles. The third-order valence-corrected chi connectivity index (χ3v) is 2.87. The van der Waals surface area contributed by atoms with E-state index in [0.717, 1.165) is 4.88 Å². The van der Waals surface area contributed by atoms with Crippen LogP contribution < -0.4 is 10.5 Å². The third kappa shape index (κ3) is 2.61. The first-order chi connectivity index (χ1) is 7.25. The number of para-hydroxylation sites is 1. The molecule has 3 nitrogen and oxygen atoms in total. The van der Waals surface area contributed by atoms with Gasteiger partial charge in [0.15, 0.2) is 0 Å². The van der Waals surface area contributed by atoms with E-state index in [1.165, 1.54) is 11.5 Å². The minimum atomic E-state index is 0.443. The van der Waals surface area contributed by atoms with E-state index in [1.807, 2.05) is 18.2 Å². The van der Waals surface area contributed by atoms with E-state index in [2.05, 4.69) is 4.37 Å². The lowest BCUT2D eigenvalue weighted by Crippen LogP contribution is -1.93. The van der Waals surface area contributed by atoms with Gasteiger partial charge in [0.05, 0.1) is 9.90 Å². The average molecular weight is 241 g/mol. The van der Waals surface area contributed by atoms with Crippen LogP contribution in [0.15, 0.2) is 30.3 Å². The van der Waals surface area contributed by atoms with Crippen LogP contribution >= 0.6 is 23.1 Å². The lowest BCUT2D eigenvalue weighted by atomic mass is 10.3. The number of nitrogens with two attached hydrogens (primary N) is 1. The highest BCUT2D eigenvalue weighted by Crippen LogP contribution is 2.24. The van der Waals surface area contributed by atoms with Gasteiger partial charge >= 0.3 is 0 Å². The molecule has 0 atom stereocenters. The minimum absolute atomic E-state index is 0.443. The van der Waals surface area contributed by atoms with Gasteiger partial charge in [-0.1, -0.05) is 23.7 Å². The number of rotatable bonds is 3. The molecule has 0 saturated heterocycles. The van der Waals surface area contributed by atoms with Gasteiger partial charge in [-0.25, -0.2) is 0 Å². The summed E-state index contributed by atoms with van der Waals surface area (Å²) in [5, 5.41) is 0.606. The zero-order chi connectivity index (χ0) is 10.7. The summed E-state index contributed by atoms with van der Waals surface area (Å²) in [5.74, 6) is 1.20. The van der Waals surface area contributed by atoms with Crippen molar-refractivity contribution in [2.24, 2.45) is 0 Å². The van der Waals surface area contributed by atoms with Crippen molar-refractivity contribution in [1.29, 1.82) is 0 Å². The molecule has 2 aromatic rings. The van der Waals surface area contributed by atoms with Gasteiger partial charge in [-0.05, 0) is 29.7 Å². The van der Waals surface area contributed by atoms with Crippen LogP contribution in [0.3, 0.4) is 0 Å². The smallest absolute Gasteiger partial charge is 0.138 e. The van der Waals surface area contributed by atoms with Gasteiger partial charge in [0.2, 0.25) is 0 Å². The zero-order valence-corrected chi connectivity index (χ0v) is 9.39. The van der Waals surface area contributed by atoms with E-state index >= 15 is 0 Å².